The first-order valence-corrected chi connectivity index (χ1v) is 6.95. The molecule has 0 fully saturated rings. The van der Waals surface area contributed by atoms with E-state index in [1.165, 1.54) is 10.4 Å². The quantitative estimate of drug-likeness (QED) is 0.634. The SMILES string of the molecule is C[n+]1cnc2sc3c(c2c1Cl)CC(CO)CC3. The Morgan fingerprint density at radius 3 is 3.24 bits per heavy atom. The second-order valence-electron chi connectivity index (χ2n) is 4.62. The van der Waals surface area contributed by atoms with E-state index in [1.807, 2.05) is 11.6 Å². The van der Waals surface area contributed by atoms with Crippen molar-refractivity contribution < 1.29 is 9.67 Å². The lowest BCUT2D eigenvalue weighted by atomic mass is 9.88. The predicted octanol–water partition coefficient (Wildman–Crippen LogP) is 1.87. The highest BCUT2D eigenvalue weighted by Gasteiger charge is 2.27. The van der Waals surface area contributed by atoms with Crippen molar-refractivity contribution in [2.75, 3.05) is 6.61 Å². The van der Waals surface area contributed by atoms with E-state index in [9.17, 15) is 5.11 Å². The lowest BCUT2D eigenvalue weighted by Gasteiger charge is -2.19. The largest absolute Gasteiger partial charge is 0.396 e. The van der Waals surface area contributed by atoms with E-state index in [1.54, 1.807) is 17.7 Å². The van der Waals surface area contributed by atoms with Crippen LogP contribution in [0.2, 0.25) is 5.15 Å². The summed E-state index contributed by atoms with van der Waals surface area (Å²) >= 11 is 8.11. The number of nitrogens with zero attached hydrogens (tertiary/aromatic N) is 2. The number of aryl methyl sites for hydroxylation is 2. The summed E-state index contributed by atoms with van der Waals surface area (Å²) in [5, 5.41) is 11.1. The Bertz CT molecular complexity index is 581. The Kier molecular flexibility index (Phi) is 2.81. The van der Waals surface area contributed by atoms with Crippen LogP contribution in [0.5, 0.6) is 0 Å². The standard InChI is InChI=1S/C12H14ClN2OS/c1-15-6-14-12-10(11(15)13)8-4-7(5-16)2-3-9(8)17-12/h6-7,16H,2-5H2,1H3/q+1. The van der Waals surface area contributed by atoms with E-state index in [0.717, 1.165) is 34.6 Å². The number of aliphatic hydroxyl groups excluding tert-OH is 1. The third kappa shape index (κ3) is 1.75. The second kappa shape index (κ2) is 4.19. The Labute approximate surface area is 109 Å². The molecule has 0 aromatic carbocycles. The van der Waals surface area contributed by atoms with Crippen LogP contribution in [0, 0.1) is 5.92 Å². The molecule has 0 amide bonds. The zero-order chi connectivity index (χ0) is 12.0. The minimum Gasteiger partial charge on any atom is -0.396 e. The van der Waals surface area contributed by atoms with Gasteiger partial charge in [-0.3, -0.25) is 0 Å². The summed E-state index contributed by atoms with van der Waals surface area (Å²) in [6.45, 7) is 0.265. The third-order valence-corrected chi connectivity index (χ3v) is 5.12. The van der Waals surface area contributed by atoms with Gasteiger partial charge < -0.3 is 5.11 Å². The van der Waals surface area contributed by atoms with Crippen molar-refractivity contribution in [1.29, 1.82) is 0 Å². The summed E-state index contributed by atoms with van der Waals surface area (Å²) in [4.78, 5) is 6.85. The molecule has 3 nitrogen and oxygen atoms in total. The van der Waals surface area contributed by atoms with Crippen LogP contribution in [0.4, 0.5) is 0 Å². The summed E-state index contributed by atoms with van der Waals surface area (Å²) < 4.78 is 1.85. The van der Waals surface area contributed by atoms with Crippen LogP contribution in [0.1, 0.15) is 16.9 Å². The third-order valence-electron chi connectivity index (χ3n) is 3.47. The molecule has 1 unspecified atom stereocenters. The molecule has 1 aliphatic carbocycles. The van der Waals surface area contributed by atoms with E-state index in [2.05, 4.69) is 4.98 Å². The Morgan fingerprint density at radius 1 is 1.65 bits per heavy atom. The van der Waals surface area contributed by atoms with Crippen LogP contribution in [0.3, 0.4) is 0 Å². The zero-order valence-electron chi connectivity index (χ0n) is 9.61. The fourth-order valence-electron chi connectivity index (χ4n) is 2.47. The topological polar surface area (TPSA) is 37.0 Å². The average Bonchev–Trinajstić information content (AvgIpc) is 2.71. The number of fused-ring (bicyclic) bond motifs is 3. The first-order chi connectivity index (χ1) is 8.20. The minimum atomic E-state index is 0.265. The molecule has 3 rings (SSSR count). The molecule has 2 aromatic heterocycles. The van der Waals surface area contributed by atoms with Gasteiger partial charge in [-0.25, -0.2) is 4.57 Å². The van der Waals surface area contributed by atoms with Crippen molar-refractivity contribution in [2.45, 2.75) is 19.3 Å². The first kappa shape index (κ1) is 11.4. The monoisotopic (exact) mass is 269 g/mol. The van der Waals surface area contributed by atoms with Crippen LogP contribution >= 0.6 is 22.9 Å². The van der Waals surface area contributed by atoms with Crippen LogP contribution < -0.4 is 4.57 Å². The van der Waals surface area contributed by atoms with E-state index < -0.39 is 0 Å². The molecule has 5 heteroatoms. The van der Waals surface area contributed by atoms with Gasteiger partial charge in [-0.05, 0) is 47.3 Å². The van der Waals surface area contributed by atoms with Gasteiger partial charge >= 0.3 is 0 Å². The van der Waals surface area contributed by atoms with Crippen molar-refractivity contribution in [3.63, 3.8) is 0 Å². The van der Waals surface area contributed by atoms with Gasteiger partial charge in [0.25, 0.3) is 6.33 Å². The smallest absolute Gasteiger partial charge is 0.288 e. The van der Waals surface area contributed by atoms with Crippen molar-refractivity contribution in [3.05, 3.63) is 21.9 Å². The number of thiophene rings is 1. The summed E-state index contributed by atoms with van der Waals surface area (Å²) in [6.07, 6.45) is 4.80. The van der Waals surface area contributed by atoms with Crippen molar-refractivity contribution in [3.8, 4) is 0 Å². The van der Waals surface area contributed by atoms with Crippen molar-refractivity contribution >= 4 is 33.2 Å². The van der Waals surface area contributed by atoms with E-state index in [-0.39, 0.29) is 6.61 Å². The summed E-state index contributed by atoms with van der Waals surface area (Å²) in [5.74, 6) is 0.377. The van der Waals surface area contributed by atoms with Crippen LogP contribution in [-0.4, -0.2) is 16.7 Å². The maximum Gasteiger partial charge on any atom is 0.288 e. The fraction of sp³-hybridized carbons (Fsp3) is 0.500. The molecule has 0 bridgehead atoms. The Balaban J connectivity index is 2.22. The van der Waals surface area contributed by atoms with Crippen LogP contribution in [-0.2, 0) is 19.9 Å². The molecular formula is C12H14ClN2OS+. The zero-order valence-corrected chi connectivity index (χ0v) is 11.2. The number of rotatable bonds is 1. The van der Waals surface area contributed by atoms with Crippen molar-refractivity contribution in [2.24, 2.45) is 13.0 Å². The highest BCUT2D eigenvalue weighted by atomic mass is 35.5. The fourth-order valence-corrected chi connectivity index (χ4v) is 3.95. The predicted molar refractivity (Wildman–Crippen MR) is 68.4 cm³/mol. The summed E-state index contributed by atoms with van der Waals surface area (Å²) in [6, 6.07) is 0. The van der Waals surface area contributed by atoms with E-state index in [0.29, 0.717) is 5.92 Å². The highest BCUT2D eigenvalue weighted by molar-refractivity contribution is 7.18. The number of aromatic nitrogens is 2. The lowest BCUT2D eigenvalue weighted by molar-refractivity contribution is -0.670. The van der Waals surface area contributed by atoms with Gasteiger partial charge in [-0.2, -0.15) is 0 Å². The van der Waals surface area contributed by atoms with Gasteiger partial charge in [0.05, 0.1) is 12.4 Å². The summed E-state index contributed by atoms with van der Waals surface area (Å²) in [5.41, 5.74) is 1.31. The van der Waals surface area contributed by atoms with E-state index in [4.69, 9.17) is 11.6 Å². The summed E-state index contributed by atoms with van der Waals surface area (Å²) in [7, 11) is 1.91. The number of hydrogen-bond acceptors (Lipinski definition) is 3. The van der Waals surface area contributed by atoms with Gasteiger partial charge in [-0.1, -0.05) is 11.3 Å². The molecule has 90 valence electrons. The normalized spacial score (nSPS) is 19.6. The van der Waals surface area contributed by atoms with Gasteiger partial charge in [0.1, 0.15) is 0 Å². The molecule has 1 aliphatic rings. The maximum absolute atomic E-state index is 9.30. The lowest BCUT2D eigenvalue weighted by Crippen LogP contribution is -2.29. The molecule has 0 aliphatic heterocycles. The van der Waals surface area contributed by atoms with E-state index >= 15 is 0 Å². The van der Waals surface area contributed by atoms with Gasteiger partial charge in [0, 0.05) is 11.5 Å². The molecule has 1 atom stereocenters. The maximum atomic E-state index is 9.30. The van der Waals surface area contributed by atoms with Crippen LogP contribution in [0.15, 0.2) is 6.33 Å². The molecule has 0 spiro atoms. The number of aliphatic hydroxyl groups is 1. The minimum absolute atomic E-state index is 0.265. The van der Waals surface area contributed by atoms with Crippen molar-refractivity contribution in [1.82, 2.24) is 4.98 Å². The molecule has 0 saturated carbocycles. The first-order valence-electron chi connectivity index (χ1n) is 5.76. The molecule has 0 saturated heterocycles. The Morgan fingerprint density at radius 2 is 2.47 bits per heavy atom. The van der Waals surface area contributed by atoms with Gasteiger partial charge in [-0.15, -0.1) is 0 Å². The number of halogens is 1. The Hall–Kier alpha value is -0.710. The average molecular weight is 270 g/mol. The molecule has 2 heterocycles. The van der Waals surface area contributed by atoms with Crippen LogP contribution in [0.25, 0.3) is 10.2 Å². The molecular weight excluding hydrogens is 256 g/mol. The molecule has 2 aromatic rings. The second-order valence-corrected chi connectivity index (χ2v) is 6.06. The highest BCUT2D eigenvalue weighted by Crippen LogP contribution is 2.38. The van der Waals surface area contributed by atoms with Gasteiger partial charge in [0.15, 0.2) is 0 Å². The molecule has 17 heavy (non-hydrogen) atoms. The number of hydrogen-bond donors (Lipinski definition) is 1. The molecule has 1 N–H and O–H groups in total. The van der Waals surface area contributed by atoms with Gasteiger partial charge in [0.2, 0.25) is 9.98 Å². The molecule has 0 radical (unpaired) electrons.